The Kier molecular flexibility index (Phi) is 5.45. The molecule has 0 aromatic heterocycles. The zero-order chi connectivity index (χ0) is 9.52. The molecular formula is C12H25N. The molecule has 0 aromatic carbocycles. The van der Waals surface area contributed by atoms with Gasteiger partial charge in [-0.3, -0.25) is 0 Å². The Morgan fingerprint density at radius 3 is 2.54 bits per heavy atom. The molecule has 0 saturated heterocycles. The van der Waals surface area contributed by atoms with Crippen molar-refractivity contribution in [2.45, 2.75) is 52.4 Å². The van der Waals surface area contributed by atoms with Crippen molar-refractivity contribution in [3.63, 3.8) is 0 Å². The lowest BCUT2D eigenvalue weighted by molar-refractivity contribution is 0.251. The van der Waals surface area contributed by atoms with Gasteiger partial charge in [0.15, 0.2) is 0 Å². The summed E-state index contributed by atoms with van der Waals surface area (Å²) >= 11 is 0. The van der Waals surface area contributed by atoms with Crippen LogP contribution in [0.3, 0.4) is 0 Å². The maximum atomic E-state index is 3.42. The minimum absolute atomic E-state index is 0.944. The van der Waals surface area contributed by atoms with Crippen molar-refractivity contribution in [1.29, 1.82) is 0 Å². The van der Waals surface area contributed by atoms with Crippen LogP contribution in [0.4, 0.5) is 0 Å². The van der Waals surface area contributed by atoms with E-state index in [4.69, 9.17) is 0 Å². The lowest BCUT2D eigenvalue weighted by atomic mass is 9.79. The molecule has 0 heterocycles. The van der Waals surface area contributed by atoms with E-state index < -0.39 is 0 Å². The van der Waals surface area contributed by atoms with E-state index >= 15 is 0 Å². The molecule has 1 rings (SSSR count). The number of nitrogens with one attached hydrogen (secondary N) is 1. The van der Waals surface area contributed by atoms with Crippen LogP contribution in [-0.4, -0.2) is 13.1 Å². The van der Waals surface area contributed by atoms with Gasteiger partial charge in [0.05, 0.1) is 0 Å². The molecule has 1 aliphatic rings. The Morgan fingerprint density at radius 2 is 1.92 bits per heavy atom. The third-order valence-electron chi connectivity index (χ3n) is 3.48. The maximum absolute atomic E-state index is 3.42. The van der Waals surface area contributed by atoms with E-state index in [1.54, 1.807) is 0 Å². The molecule has 0 bridgehead atoms. The SMILES string of the molecule is CCNCCC(C)C1CCCCC1. The van der Waals surface area contributed by atoms with Crippen molar-refractivity contribution in [2.24, 2.45) is 11.8 Å². The van der Waals surface area contributed by atoms with Crippen molar-refractivity contribution >= 4 is 0 Å². The largest absolute Gasteiger partial charge is 0.317 e. The van der Waals surface area contributed by atoms with Gasteiger partial charge in [-0.25, -0.2) is 0 Å². The highest BCUT2D eigenvalue weighted by molar-refractivity contribution is 4.71. The van der Waals surface area contributed by atoms with E-state index in [0.29, 0.717) is 0 Å². The summed E-state index contributed by atoms with van der Waals surface area (Å²) in [4.78, 5) is 0. The van der Waals surface area contributed by atoms with Crippen LogP contribution in [0.15, 0.2) is 0 Å². The summed E-state index contributed by atoms with van der Waals surface area (Å²) in [5, 5.41) is 3.42. The molecule has 0 amide bonds. The van der Waals surface area contributed by atoms with Gasteiger partial charge in [0, 0.05) is 0 Å². The lowest BCUT2D eigenvalue weighted by Gasteiger charge is -2.27. The van der Waals surface area contributed by atoms with Crippen molar-refractivity contribution in [2.75, 3.05) is 13.1 Å². The smallest absolute Gasteiger partial charge is 0.00464 e. The Bertz CT molecular complexity index is 116. The first kappa shape index (κ1) is 11.0. The molecular weight excluding hydrogens is 158 g/mol. The van der Waals surface area contributed by atoms with Crippen LogP contribution >= 0.6 is 0 Å². The summed E-state index contributed by atoms with van der Waals surface area (Å²) in [5.41, 5.74) is 0. The second-order valence-electron chi connectivity index (χ2n) is 4.52. The molecule has 0 aromatic rings. The molecule has 0 aliphatic heterocycles. The van der Waals surface area contributed by atoms with Gasteiger partial charge in [0.1, 0.15) is 0 Å². The molecule has 1 fully saturated rings. The predicted molar refractivity (Wildman–Crippen MR) is 58.9 cm³/mol. The molecule has 1 unspecified atom stereocenters. The normalized spacial score (nSPS) is 21.7. The van der Waals surface area contributed by atoms with Crippen LogP contribution < -0.4 is 5.32 Å². The van der Waals surface area contributed by atoms with Crippen LogP contribution in [0.1, 0.15) is 52.4 Å². The van der Waals surface area contributed by atoms with E-state index in [0.717, 1.165) is 18.4 Å². The Hall–Kier alpha value is -0.0400. The minimum Gasteiger partial charge on any atom is -0.317 e. The average molecular weight is 183 g/mol. The molecule has 0 spiro atoms. The summed E-state index contributed by atoms with van der Waals surface area (Å²) in [7, 11) is 0. The second kappa shape index (κ2) is 6.42. The van der Waals surface area contributed by atoms with Gasteiger partial charge in [-0.2, -0.15) is 0 Å². The predicted octanol–water partition coefficient (Wildman–Crippen LogP) is 3.20. The van der Waals surface area contributed by atoms with Gasteiger partial charge in [-0.1, -0.05) is 46.0 Å². The van der Waals surface area contributed by atoms with Gasteiger partial charge < -0.3 is 5.32 Å². The first-order valence-corrected chi connectivity index (χ1v) is 6.05. The molecule has 78 valence electrons. The maximum Gasteiger partial charge on any atom is -0.00464 e. The quantitative estimate of drug-likeness (QED) is 0.645. The zero-order valence-corrected chi connectivity index (χ0v) is 9.31. The summed E-state index contributed by atoms with van der Waals surface area (Å²) in [6.45, 7) is 6.96. The molecule has 0 radical (unpaired) electrons. The standard InChI is InChI=1S/C12H25N/c1-3-13-10-9-11(2)12-7-5-4-6-8-12/h11-13H,3-10H2,1-2H3. The number of hydrogen-bond donors (Lipinski definition) is 1. The van der Waals surface area contributed by atoms with Crippen molar-refractivity contribution in [1.82, 2.24) is 5.32 Å². The molecule has 1 atom stereocenters. The van der Waals surface area contributed by atoms with Gasteiger partial charge in [0.25, 0.3) is 0 Å². The van der Waals surface area contributed by atoms with E-state index in [1.807, 2.05) is 0 Å². The number of hydrogen-bond acceptors (Lipinski definition) is 1. The van der Waals surface area contributed by atoms with Crippen LogP contribution in [0.2, 0.25) is 0 Å². The average Bonchev–Trinajstić information content (AvgIpc) is 2.19. The van der Waals surface area contributed by atoms with E-state index in [1.165, 1.54) is 45.1 Å². The molecule has 1 N–H and O–H groups in total. The summed E-state index contributed by atoms with van der Waals surface area (Å²) in [6.07, 6.45) is 8.81. The molecule has 13 heavy (non-hydrogen) atoms. The van der Waals surface area contributed by atoms with Gasteiger partial charge >= 0.3 is 0 Å². The third-order valence-corrected chi connectivity index (χ3v) is 3.48. The van der Waals surface area contributed by atoms with Crippen molar-refractivity contribution < 1.29 is 0 Å². The van der Waals surface area contributed by atoms with Crippen molar-refractivity contribution in [3.8, 4) is 0 Å². The first-order valence-electron chi connectivity index (χ1n) is 6.05. The second-order valence-corrected chi connectivity index (χ2v) is 4.52. The fraction of sp³-hybridized carbons (Fsp3) is 1.00. The molecule has 1 heteroatoms. The van der Waals surface area contributed by atoms with Gasteiger partial charge in [-0.05, 0) is 31.3 Å². The van der Waals surface area contributed by atoms with E-state index in [-0.39, 0.29) is 0 Å². The highest BCUT2D eigenvalue weighted by Crippen LogP contribution is 2.31. The Morgan fingerprint density at radius 1 is 1.23 bits per heavy atom. The lowest BCUT2D eigenvalue weighted by Crippen LogP contribution is -2.21. The van der Waals surface area contributed by atoms with Crippen molar-refractivity contribution in [3.05, 3.63) is 0 Å². The fourth-order valence-corrected chi connectivity index (χ4v) is 2.45. The monoisotopic (exact) mass is 183 g/mol. The zero-order valence-electron chi connectivity index (χ0n) is 9.31. The molecule has 1 aliphatic carbocycles. The topological polar surface area (TPSA) is 12.0 Å². The van der Waals surface area contributed by atoms with Crippen LogP contribution in [0.25, 0.3) is 0 Å². The van der Waals surface area contributed by atoms with Crippen LogP contribution in [0, 0.1) is 11.8 Å². The number of rotatable bonds is 5. The Labute approximate surface area is 83.3 Å². The molecule has 1 nitrogen and oxygen atoms in total. The van der Waals surface area contributed by atoms with Crippen LogP contribution in [-0.2, 0) is 0 Å². The molecule has 1 saturated carbocycles. The Balaban J connectivity index is 2.09. The van der Waals surface area contributed by atoms with E-state index in [2.05, 4.69) is 19.2 Å². The van der Waals surface area contributed by atoms with Gasteiger partial charge in [0.2, 0.25) is 0 Å². The highest BCUT2D eigenvalue weighted by Gasteiger charge is 2.19. The summed E-state index contributed by atoms with van der Waals surface area (Å²) < 4.78 is 0. The van der Waals surface area contributed by atoms with E-state index in [9.17, 15) is 0 Å². The minimum atomic E-state index is 0.944. The first-order chi connectivity index (χ1) is 6.34. The highest BCUT2D eigenvalue weighted by atomic mass is 14.8. The van der Waals surface area contributed by atoms with Gasteiger partial charge in [-0.15, -0.1) is 0 Å². The van der Waals surface area contributed by atoms with Crippen LogP contribution in [0.5, 0.6) is 0 Å². The third kappa shape index (κ3) is 4.12. The fourth-order valence-electron chi connectivity index (χ4n) is 2.45. The summed E-state index contributed by atoms with van der Waals surface area (Å²) in [6, 6.07) is 0. The summed E-state index contributed by atoms with van der Waals surface area (Å²) in [5.74, 6) is 1.98.